The molecule has 0 saturated carbocycles. The Hall–Kier alpha value is -2.12. The normalized spacial score (nSPS) is 19.6. The number of thiophene rings is 1. The number of furan rings is 1. The lowest BCUT2D eigenvalue weighted by Crippen LogP contribution is -2.40. The van der Waals surface area contributed by atoms with Crippen LogP contribution in [0.5, 0.6) is 0 Å². The van der Waals surface area contributed by atoms with Crippen LogP contribution in [-0.4, -0.2) is 43.0 Å². The average Bonchev–Trinajstić information content (AvgIpc) is 3.31. The molecular weight excluding hydrogens is 364 g/mol. The van der Waals surface area contributed by atoms with E-state index in [9.17, 15) is 9.59 Å². The molecule has 3 heterocycles. The van der Waals surface area contributed by atoms with E-state index in [4.69, 9.17) is 9.15 Å². The number of hydrogen-bond acceptors (Lipinski definition) is 5. The molecule has 2 amide bonds. The van der Waals surface area contributed by atoms with Gasteiger partial charge in [-0.15, -0.1) is 11.3 Å². The lowest BCUT2D eigenvalue weighted by molar-refractivity contribution is -0.125. The zero-order valence-corrected chi connectivity index (χ0v) is 16.3. The van der Waals surface area contributed by atoms with E-state index in [1.54, 1.807) is 11.3 Å². The molecule has 2 aromatic rings. The Kier molecular flexibility index (Phi) is 5.31. The Balaban J connectivity index is 1.37. The number of amides is 2. The van der Waals surface area contributed by atoms with Crippen LogP contribution >= 0.6 is 11.3 Å². The van der Waals surface area contributed by atoms with Gasteiger partial charge in [-0.3, -0.25) is 9.59 Å². The van der Waals surface area contributed by atoms with Gasteiger partial charge >= 0.3 is 0 Å². The first-order valence-electron chi connectivity index (χ1n) is 9.42. The molecule has 1 unspecified atom stereocenters. The average molecular weight is 388 g/mol. The Morgan fingerprint density at radius 3 is 2.85 bits per heavy atom. The molecule has 0 aromatic carbocycles. The number of carbonyl (C=O) groups is 2. The van der Waals surface area contributed by atoms with Gasteiger partial charge in [-0.05, 0) is 49.9 Å². The lowest BCUT2D eigenvalue weighted by atomic mass is 9.87. The molecule has 7 heteroatoms. The van der Waals surface area contributed by atoms with E-state index in [1.165, 1.54) is 4.88 Å². The van der Waals surface area contributed by atoms with Gasteiger partial charge in [-0.2, -0.15) is 0 Å². The summed E-state index contributed by atoms with van der Waals surface area (Å²) in [6.07, 6.45) is 2.38. The van der Waals surface area contributed by atoms with Crippen LogP contribution < -0.4 is 5.32 Å². The van der Waals surface area contributed by atoms with Crippen LogP contribution in [-0.2, 0) is 28.9 Å². The summed E-state index contributed by atoms with van der Waals surface area (Å²) in [5.74, 6) is 1.71. The summed E-state index contributed by atoms with van der Waals surface area (Å²) < 4.78 is 10.8. The summed E-state index contributed by atoms with van der Waals surface area (Å²) in [6.45, 7) is 4.82. The second-order valence-corrected chi connectivity index (χ2v) is 8.27. The van der Waals surface area contributed by atoms with Gasteiger partial charge in [-0.25, -0.2) is 0 Å². The van der Waals surface area contributed by atoms with Crippen molar-refractivity contribution in [3.8, 4) is 0 Å². The maximum atomic E-state index is 12.7. The minimum Gasteiger partial charge on any atom is -0.465 e. The molecule has 1 aliphatic carbocycles. The first kappa shape index (κ1) is 18.3. The Morgan fingerprint density at radius 2 is 2.11 bits per heavy atom. The minimum atomic E-state index is -0.0468. The largest absolute Gasteiger partial charge is 0.465 e. The number of nitrogens with one attached hydrogen (secondary N) is 1. The highest BCUT2D eigenvalue weighted by molar-refractivity contribution is 7.14. The van der Waals surface area contributed by atoms with Crippen LogP contribution in [0.1, 0.15) is 38.1 Å². The predicted molar refractivity (Wildman–Crippen MR) is 102 cm³/mol. The number of nitrogens with zero attached hydrogens (tertiary/aromatic N) is 1. The van der Waals surface area contributed by atoms with Crippen molar-refractivity contribution in [2.75, 3.05) is 26.3 Å². The smallest absolute Gasteiger partial charge is 0.264 e. The molecule has 1 N–H and O–H groups in total. The van der Waals surface area contributed by atoms with Gasteiger partial charge in [0.25, 0.3) is 5.91 Å². The highest BCUT2D eigenvalue weighted by Crippen LogP contribution is 2.33. The van der Waals surface area contributed by atoms with Crippen molar-refractivity contribution in [1.82, 2.24) is 10.2 Å². The molecule has 1 atom stereocenters. The molecule has 1 saturated heterocycles. The van der Waals surface area contributed by atoms with Crippen LogP contribution in [0.15, 0.2) is 22.6 Å². The number of fused-ring (bicyclic) bond motifs is 1. The van der Waals surface area contributed by atoms with Gasteiger partial charge in [0.1, 0.15) is 11.5 Å². The van der Waals surface area contributed by atoms with Crippen LogP contribution in [0.2, 0.25) is 0 Å². The summed E-state index contributed by atoms with van der Waals surface area (Å²) in [7, 11) is 0. The third kappa shape index (κ3) is 4.09. The fraction of sp³-hybridized carbons (Fsp3) is 0.500. The van der Waals surface area contributed by atoms with E-state index in [0.29, 0.717) is 39.3 Å². The van der Waals surface area contributed by atoms with Crippen LogP contribution in [0.3, 0.4) is 0 Å². The van der Waals surface area contributed by atoms with Crippen molar-refractivity contribution in [2.45, 2.75) is 32.7 Å². The number of aryl methyl sites for hydroxylation is 2. The van der Waals surface area contributed by atoms with Crippen LogP contribution in [0.25, 0.3) is 0 Å². The molecule has 144 valence electrons. The Bertz CT molecular complexity index is 835. The van der Waals surface area contributed by atoms with Gasteiger partial charge < -0.3 is 19.4 Å². The topological polar surface area (TPSA) is 71.8 Å². The molecule has 0 bridgehead atoms. The molecule has 2 aromatic heterocycles. The zero-order valence-electron chi connectivity index (χ0n) is 15.5. The lowest BCUT2D eigenvalue weighted by Gasteiger charge is -2.26. The monoisotopic (exact) mass is 388 g/mol. The van der Waals surface area contributed by atoms with Crippen molar-refractivity contribution < 1.29 is 18.7 Å². The quantitative estimate of drug-likeness (QED) is 0.874. The number of rotatable bonds is 4. The fourth-order valence-electron chi connectivity index (χ4n) is 3.67. The third-order valence-electron chi connectivity index (χ3n) is 5.20. The molecule has 0 spiro atoms. The summed E-state index contributed by atoms with van der Waals surface area (Å²) >= 11 is 1.59. The molecule has 27 heavy (non-hydrogen) atoms. The van der Waals surface area contributed by atoms with Gasteiger partial charge in [-0.1, -0.05) is 0 Å². The van der Waals surface area contributed by atoms with Crippen molar-refractivity contribution in [2.24, 2.45) is 5.92 Å². The number of ether oxygens (including phenoxy) is 1. The highest BCUT2D eigenvalue weighted by atomic mass is 32.1. The third-order valence-corrected chi connectivity index (χ3v) is 6.42. The maximum Gasteiger partial charge on any atom is 0.264 e. The molecule has 4 rings (SSSR count). The number of hydrogen-bond donors (Lipinski definition) is 1. The summed E-state index contributed by atoms with van der Waals surface area (Å²) in [4.78, 5) is 29.1. The molecule has 2 aliphatic rings. The zero-order chi connectivity index (χ0) is 18.8. The minimum absolute atomic E-state index is 0.0468. The Labute approximate surface area is 162 Å². The number of carbonyl (C=O) groups excluding carboxylic acids is 2. The maximum absolute atomic E-state index is 12.7. The first-order chi connectivity index (χ1) is 13.1. The Morgan fingerprint density at radius 1 is 1.30 bits per heavy atom. The van der Waals surface area contributed by atoms with Crippen molar-refractivity contribution in [3.63, 3.8) is 0 Å². The number of morpholine rings is 1. The molecule has 1 aliphatic heterocycles. The standard InChI is InChI=1S/C20H24N2O4S/c1-13-2-4-16(26-13)12-21-19(23)14-3-5-17-15(10-14)11-18(27-17)20(24)22-6-8-25-9-7-22/h2,4,11,14H,3,5-10,12H2,1H3,(H,21,23). The van der Waals surface area contributed by atoms with E-state index in [1.807, 2.05) is 30.0 Å². The van der Waals surface area contributed by atoms with Crippen LogP contribution in [0, 0.1) is 12.8 Å². The second kappa shape index (κ2) is 7.86. The van der Waals surface area contributed by atoms with Gasteiger partial charge in [0.05, 0.1) is 24.6 Å². The van der Waals surface area contributed by atoms with E-state index in [0.717, 1.165) is 34.8 Å². The molecule has 1 fully saturated rings. The second-order valence-electron chi connectivity index (χ2n) is 7.13. The van der Waals surface area contributed by atoms with Gasteiger partial charge in [0.2, 0.25) is 5.91 Å². The predicted octanol–water partition coefficient (Wildman–Crippen LogP) is 2.54. The van der Waals surface area contributed by atoms with Crippen molar-refractivity contribution in [3.05, 3.63) is 45.0 Å². The van der Waals surface area contributed by atoms with E-state index in [-0.39, 0.29) is 17.7 Å². The first-order valence-corrected chi connectivity index (χ1v) is 10.2. The molecule has 0 radical (unpaired) electrons. The highest BCUT2D eigenvalue weighted by Gasteiger charge is 2.29. The van der Waals surface area contributed by atoms with Crippen LogP contribution in [0.4, 0.5) is 0 Å². The summed E-state index contributed by atoms with van der Waals surface area (Å²) in [6, 6.07) is 5.77. The van der Waals surface area contributed by atoms with Crippen molar-refractivity contribution >= 4 is 23.2 Å². The van der Waals surface area contributed by atoms with Gasteiger partial charge in [0.15, 0.2) is 0 Å². The molecule has 6 nitrogen and oxygen atoms in total. The fourth-order valence-corrected chi connectivity index (χ4v) is 4.85. The van der Waals surface area contributed by atoms with E-state index >= 15 is 0 Å². The molecular formula is C20H24N2O4S. The van der Waals surface area contributed by atoms with Crippen molar-refractivity contribution in [1.29, 1.82) is 0 Å². The van der Waals surface area contributed by atoms with E-state index < -0.39 is 0 Å². The van der Waals surface area contributed by atoms with E-state index in [2.05, 4.69) is 5.32 Å². The summed E-state index contributed by atoms with van der Waals surface area (Å²) in [5, 5.41) is 2.98. The summed E-state index contributed by atoms with van der Waals surface area (Å²) in [5.41, 5.74) is 1.15. The van der Waals surface area contributed by atoms with Gasteiger partial charge in [0, 0.05) is 23.9 Å². The SMILES string of the molecule is Cc1ccc(CNC(=O)C2CCc3sc(C(=O)N4CCOCC4)cc3C2)o1.